The molecule has 0 aliphatic carbocycles. The third-order valence-electron chi connectivity index (χ3n) is 1.95. The maximum atomic E-state index is 8.92. The molecule has 1 atom stereocenters. The van der Waals surface area contributed by atoms with Gasteiger partial charge in [0.2, 0.25) is 0 Å². The van der Waals surface area contributed by atoms with Gasteiger partial charge in [0, 0.05) is 0 Å². The van der Waals surface area contributed by atoms with Crippen LogP contribution in [0.2, 0.25) is 0 Å². The summed E-state index contributed by atoms with van der Waals surface area (Å²) in [6.07, 6.45) is 2.09. The molecule has 15 heavy (non-hydrogen) atoms. The molecule has 1 rings (SSSR count). The van der Waals surface area contributed by atoms with E-state index in [1.165, 1.54) is 5.56 Å². The molecule has 0 saturated carbocycles. The Morgan fingerprint density at radius 3 is 2.80 bits per heavy atom. The third kappa shape index (κ3) is 4.77. The first-order chi connectivity index (χ1) is 7.22. The van der Waals surface area contributed by atoms with Crippen molar-refractivity contribution in [2.45, 2.75) is 19.1 Å². The van der Waals surface area contributed by atoms with Crippen LogP contribution >= 0.6 is 0 Å². The zero-order valence-corrected chi connectivity index (χ0v) is 8.86. The maximum Gasteiger partial charge on any atom is 0.0774 e. The number of aliphatic hydroxyl groups excluding tert-OH is 1. The van der Waals surface area contributed by atoms with Crippen molar-refractivity contribution in [3.8, 4) is 0 Å². The molecule has 0 saturated heterocycles. The minimum Gasteiger partial charge on any atom is -0.391 e. The van der Waals surface area contributed by atoms with E-state index < -0.39 is 6.10 Å². The van der Waals surface area contributed by atoms with Gasteiger partial charge in [-0.1, -0.05) is 30.3 Å². The second-order valence-electron chi connectivity index (χ2n) is 3.48. The Morgan fingerprint density at radius 1 is 1.40 bits per heavy atom. The van der Waals surface area contributed by atoms with Gasteiger partial charge in [0.15, 0.2) is 0 Å². The molecule has 2 nitrogen and oxygen atoms in total. The van der Waals surface area contributed by atoms with Gasteiger partial charge in [0.05, 0.1) is 19.3 Å². The highest BCUT2D eigenvalue weighted by molar-refractivity contribution is 5.24. The van der Waals surface area contributed by atoms with Crippen molar-refractivity contribution in [2.75, 3.05) is 6.61 Å². The lowest BCUT2D eigenvalue weighted by molar-refractivity contribution is 0.0491. The lowest BCUT2D eigenvalue weighted by Crippen LogP contribution is -2.10. The van der Waals surface area contributed by atoms with Gasteiger partial charge in [-0.3, -0.25) is 0 Å². The van der Waals surface area contributed by atoms with E-state index in [2.05, 4.69) is 25.6 Å². The number of aliphatic hydroxyl groups is 1. The summed E-state index contributed by atoms with van der Waals surface area (Å²) in [4.78, 5) is 0. The summed E-state index contributed by atoms with van der Waals surface area (Å²) in [7, 11) is 0. The van der Waals surface area contributed by atoms with E-state index in [0.29, 0.717) is 6.61 Å². The molecule has 1 aromatic carbocycles. The zero-order chi connectivity index (χ0) is 11.1. The molecule has 1 unspecified atom stereocenters. The number of benzene rings is 1. The molecule has 0 fully saturated rings. The minimum atomic E-state index is -0.652. The fourth-order valence-corrected chi connectivity index (χ4v) is 1.33. The van der Waals surface area contributed by atoms with Gasteiger partial charge in [0.25, 0.3) is 0 Å². The van der Waals surface area contributed by atoms with Crippen molar-refractivity contribution in [2.24, 2.45) is 0 Å². The first kappa shape index (κ1) is 12.0. The Hall–Kier alpha value is -1.12. The molecule has 0 spiro atoms. The van der Waals surface area contributed by atoms with Crippen LogP contribution in [0.15, 0.2) is 36.9 Å². The average molecular weight is 205 g/mol. The van der Waals surface area contributed by atoms with Crippen molar-refractivity contribution < 1.29 is 9.84 Å². The fraction of sp³-hybridized carbons (Fsp3) is 0.308. The molecule has 1 aromatic rings. The highest BCUT2D eigenvalue weighted by Gasteiger charge is 1.98. The second kappa shape index (κ2) is 6.38. The molecule has 81 valence electrons. The summed E-state index contributed by atoms with van der Waals surface area (Å²) in [6.45, 7) is 7.91. The normalized spacial score (nSPS) is 12.4. The van der Waals surface area contributed by atoms with E-state index in [1.54, 1.807) is 0 Å². The SMILES string of the molecule is [CH2]C(O)COCc1cccc(CC=C)c1. The summed E-state index contributed by atoms with van der Waals surface area (Å²) in [5.41, 5.74) is 2.33. The summed E-state index contributed by atoms with van der Waals surface area (Å²) < 4.78 is 5.28. The molecule has 0 aromatic heterocycles. The van der Waals surface area contributed by atoms with Crippen molar-refractivity contribution in [1.82, 2.24) is 0 Å². The Labute approximate surface area is 91.2 Å². The molecule has 0 heterocycles. The number of ether oxygens (including phenoxy) is 1. The average Bonchev–Trinajstić information content (AvgIpc) is 2.18. The van der Waals surface area contributed by atoms with Gasteiger partial charge >= 0.3 is 0 Å². The van der Waals surface area contributed by atoms with E-state index in [4.69, 9.17) is 9.84 Å². The van der Waals surface area contributed by atoms with Crippen LogP contribution in [0.4, 0.5) is 0 Å². The second-order valence-corrected chi connectivity index (χ2v) is 3.48. The Kier molecular flexibility index (Phi) is 5.08. The van der Waals surface area contributed by atoms with Crippen molar-refractivity contribution >= 4 is 0 Å². The Morgan fingerprint density at radius 2 is 2.13 bits per heavy atom. The summed E-state index contributed by atoms with van der Waals surface area (Å²) in [5, 5.41) is 8.92. The molecule has 0 bridgehead atoms. The fourth-order valence-electron chi connectivity index (χ4n) is 1.33. The van der Waals surface area contributed by atoms with Gasteiger partial charge < -0.3 is 9.84 Å². The Balaban J connectivity index is 2.46. The number of rotatable bonds is 6. The van der Waals surface area contributed by atoms with Gasteiger partial charge in [-0.15, -0.1) is 6.58 Å². The molecular formula is C13H17O2. The summed E-state index contributed by atoms with van der Waals surface area (Å²) in [6, 6.07) is 8.14. The molecule has 0 aliphatic rings. The van der Waals surface area contributed by atoms with Crippen LogP contribution in [-0.2, 0) is 17.8 Å². The van der Waals surface area contributed by atoms with Crippen LogP contribution in [0.1, 0.15) is 11.1 Å². The first-order valence-corrected chi connectivity index (χ1v) is 5.00. The van der Waals surface area contributed by atoms with Crippen LogP contribution < -0.4 is 0 Å². The number of hydrogen-bond acceptors (Lipinski definition) is 2. The minimum absolute atomic E-state index is 0.270. The molecule has 1 radical (unpaired) electrons. The lowest BCUT2D eigenvalue weighted by atomic mass is 10.1. The molecular weight excluding hydrogens is 188 g/mol. The van der Waals surface area contributed by atoms with Crippen molar-refractivity contribution in [3.63, 3.8) is 0 Å². The van der Waals surface area contributed by atoms with Gasteiger partial charge in [0.1, 0.15) is 0 Å². The molecule has 0 aliphatic heterocycles. The van der Waals surface area contributed by atoms with Crippen molar-refractivity contribution in [3.05, 3.63) is 55.0 Å². The predicted molar refractivity (Wildman–Crippen MR) is 61.4 cm³/mol. The van der Waals surface area contributed by atoms with Crippen LogP contribution in [0.25, 0.3) is 0 Å². The summed E-state index contributed by atoms with van der Waals surface area (Å²) in [5.74, 6) is 0. The monoisotopic (exact) mass is 205 g/mol. The smallest absolute Gasteiger partial charge is 0.0774 e. The van der Waals surface area contributed by atoms with Crippen LogP contribution in [0.3, 0.4) is 0 Å². The van der Waals surface area contributed by atoms with Crippen LogP contribution in [0, 0.1) is 6.92 Å². The van der Waals surface area contributed by atoms with E-state index in [1.807, 2.05) is 18.2 Å². The van der Waals surface area contributed by atoms with Crippen LogP contribution in [0.5, 0.6) is 0 Å². The van der Waals surface area contributed by atoms with E-state index in [0.717, 1.165) is 12.0 Å². The highest BCUT2D eigenvalue weighted by Crippen LogP contribution is 2.07. The topological polar surface area (TPSA) is 29.5 Å². The first-order valence-electron chi connectivity index (χ1n) is 5.00. The Bertz CT molecular complexity index is 305. The van der Waals surface area contributed by atoms with Crippen molar-refractivity contribution in [1.29, 1.82) is 0 Å². The zero-order valence-electron chi connectivity index (χ0n) is 8.86. The van der Waals surface area contributed by atoms with Crippen LogP contribution in [-0.4, -0.2) is 17.8 Å². The van der Waals surface area contributed by atoms with Gasteiger partial charge in [-0.25, -0.2) is 0 Å². The van der Waals surface area contributed by atoms with Gasteiger partial charge in [-0.2, -0.15) is 0 Å². The van der Waals surface area contributed by atoms with E-state index >= 15 is 0 Å². The summed E-state index contributed by atoms with van der Waals surface area (Å²) >= 11 is 0. The van der Waals surface area contributed by atoms with Gasteiger partial charge in [-0.05, 0) is 24.5 Å². The number of hydrogen-bond donors (Lipinski definition) is 1. The standard InChI is InChI=1S/C13H17O2/c1-3-5-12-6-4-7-13(8-12)10-15-9-11(2)14/h3-4,6-8,11,14H,1-2,5,9-10H2. The quantitative estimate of drug-likeness (QED) is 0.721. The molecule has 2 heteroatoms. The van der Waals surface area contributed by atoms with E-state index in [-0.39, 0.29) is 6.61 Å². The molecule has 0 amide bonds. The predicted octanol–water partition coefficient (Wildman–Crippen LogP) is 2.13. The highest BCUT2D eigenvalue weighted by atomic mass is 16.5. The number of allylic oxidation sites excluding steroid dienone is 1. The lowest BCUT2D eigenvalue weighted by Gasteiger charge is -2.07. The maximum absolute atomic E-state index is 8.92. The van der Waals surface area contributed by atoms with E-state index in [9.17, 15) is 0 Å². The molecule has 1 N–H and O–H groups in total. The third-order valence-corrected chi connectivity index (χ3v) is 1.95. The largest absolute Gasteiger partial charge is 0.391 e.